The number of carbonyl (C=O) groups excluding carboxylic acids is 2. The van der Waals surface area contributed by atoms with Gasteiger partial charge in [-0.2, -0.15) is 13.2 Å². The van der Waals surface area contributed by atoms with Gasteiger partial charge in [0, 0.05) is 19.3 Å². The molecule has 0 bridgehead atoms. The predicted octanol–water partition coefficient (Wildman–Crippen LogP) is 10.9. The summed E-state index contributed by atoms with van der Waals surface area (Å²) >= 11 is 0. The van der Waals surface area contributed by atoms with Crippen molar-refractivity contribution < 1.29 is 46.1 Å². The number of unbranched alkanes of at least 4 members (excludes halogenated alkanes) is 9. The molecule has 0 aliphatic rings. The summed E-state index contributed by atoms with van der Waals surface area (Å²) in [6.07, 6.45) is 3.48. The number of esters is 2. The summed E-state index contributed by atoms with van der Waals surface area (Å²) in [5, 5.41) is 0. The maximum Gasteiger partial charge on any atom is 0.425 e. The first-order valence-corrected chi connectivity index (χ1v) is 17.3. The highest BCUT2D eigenvalue weighted by Crippen LogP contribution is 2.29. The van der Waals surface area contributed by atoms with Gasteiger partial charge in [-0.3, -0.25) is 0 Å². The minimum absolute atomic E-state index is 0.156. The van der Waals surface area contributed by atoms with E-state index < -0.39 is 42.0 Å². The molecule has 0 aromatic heterocycles. The Hall–Kier alpha value is -3.92. The SMILES string of the molecule is CCCCCCCCCCOc1ccc(-c2ccc(C(=O)Oc3ccc(C(=O)O[C@H](CCCCCOCC)C(F)(F)F)c(F)c3)cc2)cc1. The Morgan fingerprint density at radius 1 is 0.673 bits per heavy atom. The van der Waals surface area contributed by atoms with E-state index in [1.807, 2.05) is 31.2 Å². The zero-order valence-corrected chi connectivity index (χ0v) is 28.5. The molecule has 3 aromatic rings. The van der Waals surface area contributed by atoms with Crippen LogP contribution in [0.5, 0.6) is 11.5 Å². The van der Waals surface area contributed by atoms with Gasteiger partial charge in [0.15, 0.2) is 6.10 Å². The molecule has 0 spiro atoms. The quantitative estimate of drug-likeness (QED) is 0.0453. The summed E-state index contributed by atoms with van der Waals surface area (Å²) in [5.41, 5.74) is 1.30. The van der Waals surface area contributed by atoms with Crippen LogP contribution in [0.25, 0.3) is 11.1 Å². The van der Waals surface area contributed by atoms with E-state index in [0.29, 0.717) is 32.7 Å². The van der Waals surface area contributed by atoms with Crippen LogP contribution >= 0.6 is 0 Å². The number of benzene rings is 3. The van der Waals surface area contributed by atoms with Crippen molar-refractivity contribution in [2.75, 3.05) is 19.8 Å². The Labute approximate surface area is 287 Å². The second-order valence-electron chi connectivity index (χ2n) is 11.9. The molecule has 0 aliphatic heterocycles. The van der Waals surface area contributed by atoms with Gasteiger partial charge in [0.1, 0.15) is 17.3 Å². The highest BCUT2D eigenvalue weighted by Gasteiger charge is 2.42. The van der Waals surface area contributed by atoms with Crippen LogP contribution in [0.3, 0.4) is 0 Å². The van der Waals surface area contributed by atoms with Gasteiger partial charge in [-0.1, -0.05) is 82.6 Å². The van der Waals surface area contributed by atoms with Crippen LogP contribution in [-0.2, 0) is 9.47 Å². The molecule has 10 heteroatoms. The van der Waals surface area contributed by atoms with Crippen molar-refractivity contribution in [1.82, 2.24) is 0 Å². The average molecular weight is 689 g/mol. The van der Waals surface area contributed by atoms with Crippen molar-refractivity contribution in [3.63, 3.8) is 0 Å². The normalized spacial score (nSPS) is 12.0. The lowest BCUT2D eigenvalue weighted by atomic mass is 10.0. The molecule has 0 unspecified atom stereocenters. The van der Waals surface area contributed by atoms with Crippen molar-refractivity contribution in [2.24, 2.45) is 0 Å². The molecule has 0 radical (unpaired) electrons. The smallest absolute Gasteiger partial charge is 0.425 e. The molecule has 6 nitrogen and oxygen atoms in total. The van der Waals surface area contributed by atoms with E-state index in [-0.39, 0.29) is 17.7 Å². The summed E-state index contributed by atoms with van der Waals surface area (Å²) in [7, 11) is 0. The predicted molar refractivity (Wildman–Crippen MR) is 182 cm³/mol. The number of alkyl halides is 3. The van der Waals surface area contributed by atoms with Crippen LogP contribution < -0.4 is 9.47 Å². The molecular weight excluding hydrogens is 640 g/mol. The minimum atomic E-state index is -4.80. The second kappa shape index (κ2) is 21.2. The Bertz CT molecular complexity index is 1410. The maximum atomic E-state index is 14.8. The summed E-state index contributed by atoms with van der Waals surface area (Å²) in [6.45, 7) is 5.67. The van der Waals surface area contributed by atoms with E-state index in [0.717, 1.165) is 47.9 Å². The summed E-state index contributed by atoms with van der Waals surface area (Å²) in [4.78, 5) is 25.2. The standard InChI is InChI=1S/C39H48F4O6/c1-3-5-6-7-8-9-10-14-27-47-32-22-20-30(21-23-32)29-16-18-31(19-17-29)37(44)48-33-24-25-34(35(40)28-33)38(45)49-36(39(41,42)43)15-12-11-13-26-46-4-2/h16-25,28,36H,3-15,26-27H2,1-2H3/t36-/m1/s1. The lowest BCUT2D eigenvalue weighted by molar-refractivity contribution is -0.206. The molecule has 0 saturated heterocycles. The van der Waals surface area contributed by atoms with Gasteiger partial charge >= 0.3 is 18.1 Å². The molecular formula is C39H48F4O6. The Morgan fingerprint density at radius 2 is 1.24 bits per heavy atom. The molecule has 0 fully saturated rings. The molecule has 1 atom stereocenters. The van der Waals surface area contributed by atoms with Gasteiger partial charge < -0.3 is 18.9 Å². The van der Waals surface area contributed by atoms with E-state index >= 15 is 0 Å². The molecule has 3 rings (SSSR count). The molecule has 0 aliphatic carbocycles. The number of halogens is 4. The monoisotopic (exact) mass is 688 g/mol. The number of hydrogen-bond donors (Lipinski definition) is 0. The summed E-state index contributed by atoms with van der Waals surface area (Å²) in [6, 6.07) is 17.2. The van der Waals surface area contributed by atoms with Crippen LogP contribution in [0, 0.1) is 5.82 Å². The van der Waals surface area contributed by atoms with Gasteiger partial charge in [-0.05, 0) is 80.1 Å². The van der Waals surface area contributed by atoms with Crippen molar-refractivity contribution in [3.05, 3.63) is 83.7 Å². The van der Waals surface area contributed by atoms with Gasteiger partial charge in [-0.25, -0.2) is 14.0 Å². The van der Waals surface area contributed by atoms with Gasteiger partial charge in [0.2, 0.25) is 0 Å². The highest BCUT2D eigenvalue weighted by atomic mass is 19.4. The van der Waals surface area contributed by atoms with E-state index in [9.17, 15) is 27.2 Å². The van der Waals surface area contributed by atoms with Crippen LogP contribution in [0.4, 0.5) is 17.6 Å². The number of hydrogen-bond acceptors (Lipinski definition) is 6. The number of carbonyl (C=O) groups is 2. The van der Waals surface area contributed by atoms with Crippen molar-refractivity contribution in [2.45, 2.75) is 103 Å². The molecule has 0 N–H and O–H groups in total. The first kappa shape index (κ1) is 39.5. The third-order valence-corrected chi connectivity index (χ3v) is 8.02. The molecule has 0 amide bonds. The number of ether oxygens (including phenoxy) is 4. The zero-order valence-electron chi connectivity index (χ0n) is 28.5. The lowest BCUT2D eigenvalue weighted by Crippen LogP contribution is -2.34. The first-order chi connectivity index (χ1) is 23.6. The first-order valence-electron chi connectivity index (χ1n) is 17.3. The fraction of sp³-hybridized carbons (Fsp3) is 0.487. The fourth-order valence-electron chi connectivity index (χ4n) is 5.20. The summed E-state index contributed by atoms with van der Waals surface area (Å²) in [5.74, 6) is -2.82. The highest BCUT2D eigenvalue weighted by molar-refractivity contribution is 5.92. The maximum absolute atomic E-state index is 14.8. The largest absolute Gasteiger partial charge is 0.494 e. The lowest BCUT2D eigenvalue weighted by Gasteiger charge is -2.21. The third-order valence-electron chi connectivity index (χ3n) is 8.02. The van der Waals surface area contributed by atoms with Crippen LogP contribution in [0.15, 0.2) is 66.7 Å². The van der Waals surface area contributed by atoms with Gasteiger partial charge in [-0.15, -0.1) is 0 Å². The Kier molecular flexibility index (Phi) is 17.1. The Balaban J connectivity index is 1.48. The zero-order chi connectivity index (χ0) is 35.5. The summed E-state index contributed by atoms with van der Waals surface area (Å²) < 4.78 is 76.1. The molecule has 49 heavy (non-hydrogen) atoms. The van der Waals surface area contributed by atoms with Gasteiger partial charge in [0.05, 0.1) is 17.7 Å². The van der Waals surface area contributed by atoms with Gasteiger partial charge in [0.25, 0.3) is 0 Å². The van der Waals surface area contributed by atoms with Crippen LogP contribution in [0.2, 0.25) is 0 Å². The average Bonchev–Trinajstić information content (AvgIpc) is 3.08. The van der Waals surface area contributed by atoms with E-state index in [1.54, 1.807) is 24.3 Å². The van der Waals surface area contributed by atoms with E-state index in [2.05, 4.69) is 11.7 Å². The minimum Gasteiger partial charge on any atom is -0.494 e. The third kappa shape index (κ3) is 14.2. The topological polar surface area (TPSA) is 71.1 Å². The van der Waals surface area contributed by atoms with E-state index in [4.69, 9.17) is 14.2 Å². The van der Waals surface area contributed by atoms with Crippen LogP contribution in [-0.4, -0.2) is 44.0 Å². The second-order valence-corrected chi connectivity index (χ2v) is 11.9. The molecule has 0 heterocycles. The van der Waals surface area contributed by atoms with Crippen molar-refractivity contribution in [3.8, 4) is 22.6 Å². The van der Waals surface area contributed by atoms with E-state index in [1.165, 1.54) is 38.5 Å². The molecule has 268 valence electrons. The molecule has 3 aromatic carbocycles. The molecule has 0 saturated carbocycles. The Morgan fingerprint density at radius 3 is 1.86 bits per heavy atom. The number of rotatable bonds is 22. The van der Waals surface area contributed by atoms with Crippen LogP contribution in [0.1, 0.15) is 112 Å². The van der Waals surface area contributed by atoms with Crippen molar-refractivity contribution >= 4 is 11.9 Å². The van der Waals surface area contributed by atoms with Crippen molar-refractivity contribution in [1.29, 1.82) is 0 Å². The fourth-order valence-corrected chi connectivity index (χ4v) is 5.20.